The SMILES string of the molecule is CN=C(NCCCCCOC)N1CCC(c2cnn(C)c2)C1. The maximum atomic E-state index is 5.07. The summed E-state index contributed by atoms with van der Waals surface area (Å²) in [5.41, 5.74) is 1.33. The van der Waals surface area contributed by atoms with Crippen LogP contribution in [0.5, 0.6) is 0 Å². The first-order valence-corrected chi connectivity index (χ1v) is 8.17. The third-order valence-corrected chi connectivity index (χ3v) is 4.20. The quantitative estimate of drug-likeness (QED) is 0.472. The molecule has 0 aromatic carbocycles. The fourth-order valence-electron chi connectivity index (χ4n) is 2.96. The van der Waals surface area contributed by atoms with Crippen LogP contribution in [0.2, 0.25) is 0 Å². The number of likely N-dealkylation sites (tertiary alicyclic amines) is 1. The molecule has 124 valence electrons. The van der Waals surface area contributed by atoms with Crippen LogP contribution in [-0.4, -0.2) is 61.0 Å². The zero-order chi connectivity index (χ0) is 15.8. The van der Waals surface area contributed by atoms with E-state index in [0.29, 0.717) is 5.92 Å². The number of guanidine groups is 1. The van der Waals surface area contributed by atoms with Crippen LogP contribution in [0.3, 0.4) is 0 Å². The van der Waals surface area contributed by atoms with Crippen molar-refractivity contribution < 1.29 is 4.74 Å². The number of nitrogens with zero attached hydrogens (tertiary/aromatic N) is 4. The highest BCUT2D eigenvalue weighted by molar-refractivity contribution is 5.80. The number of unbranched alkanes of at least 4 members (excludes halogenated alkanes) is 2. The minimum atomic E-state index is 0.564. The second-order valence-electron chi connectivity index (χ2n) is 5.91. The molecule has 0 bridgehead atoms. The van der Waals surface area contributed by atoms with Crippen LogP contribution in [0.25, 0.3) is 0 Å². The summed E-state index contributed by atoms with van der Waals surface area (Å²) in [5, 5.41) is 7.76. The van der Waals surface area contributed by atoms with Gasteiger partial charge in [-0.2, -0.15) is 5.10 Å². The lowest BCUT2D eigenvalue weighted by Gasteiger charge is -2.21. The average Bonchev–Trinajstić information content (AvgIpc) is 3.15. The fraction of sp³-hybridized carbons (Fsp3) is 0.750. The number of hydrogen-bond donors (Lipinski definition) is 1. The number of hydrogen-bond acceptors (Lipinski definition) is 3. The third kappa shape index (κ3) is 4.73. The number of aromatic nitrogens is 2. The van der Waals surface area contributed by atoms with E-state index in [0.717, 1.165) is 45.0 Å². The molecule has 6 nitrogen and oxygen atoms in total. The summed E-state index contributed by atoms with van der Waals surface area (Å²) >= 11 is 0. The van der Waals surface area contributed by atoms with Gasteiger partial charge < -0.3 is 15.0 Å². The Morgan fingerprint density at radius 3 is 3.00 bits per heavy atom. The Bertz CT molecular complexity index is 471. The van der Waals surface area contributed by atoms with Crippen LogP contribution in [0, 0.1) is 0 Å². The molecule has 1 atom stereocenters. The maximum Gasteiger partial charge on any atom is 0.193 e. The highest BCUT2D eigenvalue weighted by atomic mass is 16.5. The molecular formula is C16H29N5O. The van der Waals surface area contributed by atoms with Gasteiger partial charge in [0.05, 0.1) is 6.20 Å². The van der Waals surface area contributed by atoms with Gasteiger partial charge in [0.25, 0.3) is 0 Å². The first kappa shape index (κ1) is 16.8. The number of aryl methyl sites for hydroxylation is 1. The van der Waals surface area contributed by atoms with E-state index >= 15 is 0 Å². The van der Waals surface area contributed by atoms with Crippen LogP contribution < -0.4 is 5.32 Å². The number of rotatable bonds is 7. The van der Waals surface area contributed by atoms with Crippen LogP contribution in [-0.2, 0) is 11.8 Å². The first-order valence-electron chi connectivity index (χ1n) is 8.17. The van der Waals surface area contributed by atoms with Gasteiger partial charge in [-0.15, -0.1) is 0 Å². The van der Waals surface area contributed by atoms with Gasteiger partial charge in [-0.25, -0.2) is 0 Å². The Kier molecular flexibility index (Phi) is 6.71. The first-order chi connectivity index (χ1) is 10.7. The lowest BCUT2D eigenvalue weighted by atomic mass is 10.0. The van der Waals surface area contributed by atoms with Crippen LogP contribution in [0.15, 0.2) is 17.4 Å². The molecule has 1 unspecified atom stereocenters. The molecule has 1 saturated heterocycles. The summed E-state index contributed by atoms with van der Waals surface area (Å²) in [4.78, 5) is 6.78. The molecule has 0 saturated carbocycles. The standard InChI is InChI=1S/C16H29N5O/c1-17-16(18-8-5-4-6-10-22-3)21-9-7-14(13-21)15-11-19-20(2)12-15/h11-12,14H,4-10,13H2,1-3H3,(H,17,18). The second kappa shape index (κ2) is 8.78. The zero-order valence-electron chi connectivity index (χ0n) is 14.1. The van der Waals surface area contributed by atoms with Crippen molar-refractivity contribution in [3.05, 3.63) is 18.0 Å². The molecule has 22 heavy (non-hydrogen) atoms. The predicted octanol–water partition coefficient (Wildman–Crippen LogP) is 1.60. The van der Waals surface area contributed by atoms with Gasteiger partial charge in [0.15, 0.2) is 5.96 Å². The van der Waals surface area contributed by atoms with Gasteiger partial charge in [0, 0.05) is 59.6 Å². The average molecular weight is 307 g/mol. The van der Waals surface area contributed by atoms with E-state index in [-0.39, 0.29) is 0 Å². The van der Waals surface area contributed by atoms with E-state index in [1.165, 1.54) is 18.4 Å². The number of aliphatic imine (C=N–C) groups is 1. The molecule has 1 aromatic heterocycles. The van der Waals surface area contributed by atoms with Crippen LogP contribution in [0.4, 0.5) is 0 Å². The Balaban J connectivity index is 1.73. The molecule has 0 aliphatic carbocycles. The van der Waals surface area contributed by atoms with Crippen molar-refractivity contribution in [3.8, 4) is 0 Å². The Hall–Kier alpha value is -1.56. The molecule has 1 aliphatic heterocycles. The Morgan fingerprint density at radius 2 is 2.32 bits per heavy atom. The lowest BCUT2D eigenvalue weighted by molar-refractivity contribution is 0.192. The zero-order valence-corrected chi connectivity index (χ0v) is 14.1. The molecule has 0 amide bonds. The van der Waals surface area contributed by atoms with Gasteiger partial charge in [-0.1, -0.05) is 0 Å². The molecule has 0 spiro atoms. The topological polar surface area (TPSA) is 54.7 Å². The number of methoxy groups -OCH3 is 1. The normalized spacial score (nSPS) is 19.0. The van der Waals surface area contributed by atoms with E-state index < -0.39 is 0 Å². The molecule has 1 aliphatic rings. The van der Waals surface area contributed by atoms with Crippen LogP contribution >= 0.6 is 0 Å². The summed E-state index contributed by atoms with van der Waals surface area (Å²) in [5.74, 6) is 1.59. The van der Waals surface area contributed by atoms with Crippen molar-refractivity contribution in [3.63, 3.8) is 0 Å². The van der Waals surface area contributed by atoms with Crippen molar-refractivity contribution in [2.75, 3.05) is 40.4 Å². The summed E-state index contributed by atoms with van der Waals surface area (Å²) < 4.78 is 6.95. The van der Waals surface area contributed by atoms with Gasteiger partial charge >= 0.3 is 0 Å². The molecule has 1 N–H and O–H groups in total. The Labute approximate surface area is 133 Å². The third-order valence-electron chi connectivity index (χ3n) is 4.20. The van der Waals surface area contributed by atoms with E-state index in [1.54, 1.807) is 7.11 Å². The highest BCUT2D eigenvalue weighted by Crippen LogP contribution is 2.26. The van der Waals surface area contributed by atoms with Crippen molar-refractivity contribution in [2.45, 2.75) is 31.6 Å². The minimum Gasteiger partial charge on any atom is -0.385 e. The molecule has 1 fully saturated rings. The van der Waals surface area contributed by atoms with Gasteiger partial charge in [0.2, 0.25) is 0 Å². The van der Waals surface area contributed by atoms with E-state index in [1.807, 2.05) is 25.0 Å². The van der Waals surface area contributed by atoms with Gasteiger partial charge in [-0.3, -0.25) is 9.67 Å². The van der Waals surface area contributed by atoms with Gasteiger partial charge in [0.1, 0.15) is 0 Å². The fourth-order valence-corrected chi connectivity index (χ4v) is 2.96. The van der Waals surface area contributed by atoms with E-state index in [2.05, 4.69) is 26.5 Å². The predicted molar refractivity (Wildman–Crippen MR) is 89.2 cm³/mol. The van der Waals surface area contributed by atoms with Crippen molar-refractivity contribution in [2.24, 2.45) is 12.0 Å². The summed E-state index contributed by atoms with van der Waals surface area (Å²) in [7, 11) is 5.59. The number of nitrogens with one attached hydrogen (secondary N) is 1. The second-order valence-corrected chi connectivity index (χ2v) is 5.91. The number of ether oxygens (including phenoxy) is 1. The Morgan fingerprint density at radius 1 is 1.45 bits per heavy atom. The van der Waals surface area contributed by atoms with E-state index in [9.17, 15) is 0 Å². The molecule has 6 heteroatoms. The van der Waals surface area contributed by atoms with Crippen molar-refractivity contribution in [1.29, 1.82) is 0 Å². The lowest BCUT2D eigenvalue weighted by Crippen LogP contribution is -2.40. The summed E-state index contributed by atoms with van der Waals surface area (Å²) in [6.07, 6.45) is 8.75. The largest absolute Gasteiger partial charge is 0.385 e. The molecule has 2 heterocycles. The monoisotopic (exact) mass is 307 g/mol. The smallest absolute Gasteiger partial charge is 0.193 e. The van der Waals surface area contributed by atoms with Crippen LogP contribution in [0.1, 0.15) is 37.2 Å². The molecule has 0 radical (unpaired) electrons. The minimum absolute atomic E-state index is 0.564. The maximum absolute atomic E-state index is 5.07. The summed E-state index contributed by atoms with van der Waals surface area (Å²) in [6.45, 7) is 3.91. The van der Waals surface area contributed by atoms with Crippen molar-refractivity contribution in [1.82, 2.24) is 20.0 Å². The summed E-state index contributed by atoms with van der Waals surface area (Å²) in [6, 6.07) is 0. The molecular weight excluding hydrogens is 278 g/mol. The van der Waals surface area contributed by atoms with E-state index in [4.69, 9.17) is 4.74 Å². The van der Waals surface area contributed by atoms with Gasteiger partial charge in [-0.05, 0) is 31.2 Å². The molecule has 1 aromatic rings. The van der Waals surface area contributed by atoms with Crippen molar-refractivity contribution >= 4 is 5.96 Å². The highest BCUT2D eigenvalue weighted by Gasteiger charge is 2.26. The molecule has 2 rings (SSSR count).